The van der Waals surface area contributed by atoms with Crippen molar-refractivity contribution in [2.45, 2.75) is 25.8 Å². The van der Waals surface area contributed by atoms with E-state index in [-0.39, 0.29) is 35.2 Å². The molecule has 2 aromatic heterocycles. The summed E-state index contributed by atoms with van der Waals surface area (Å²) in [6, 6.07) is -0.192. The van der Waals surface area contributed by atoms with Crippen LogP contribution < -0.4 is 5.56 Å². The van der Waals surface area contributed by atoms with E-state index in [0.29, 0.717) is 12.3 Å². The Morgan fingerprint density at radius 2 is 2.45 bits per heavy atom. The Labute approximate surface area is 114 Å². The zero-order valence-electron chi connectivity index (χ0n) is 11.0. The predicted octanol–water partition coefficient (Wildman–Crippen LogP) is 0.421. The number of amides is 1. The number of hydrogen-bond acceptors (Lipinski definition) is 5. The van der Waals surface area contributed by atoms with Gasteiger partial charge in [0.25, 0.3) is 11.5 Å². The first-order valence-corrected chi connectivity index (χ1v) is 6.52. The number of aliphatic hydroxyl groups excluding tert-OH is 1. The fourth-order valence-corrected chi connectivity index (χ4v) is 2.75. The van der Waals surface area contributed by atoms with Gasteiger partial charge in [-0.1, -0.05) is 0 Å². The Balaban J connectivity index is 2.12. The molecule has 2 aromatic rings. The number of nitrogens with zero attached hydrogens (tertiary/aromatic N) is 2. The van der Waals surface area contributed by atoms with Crippen LogP contribution in [0.1, 0.15) is 29.0 Å². The van der Waals surface area contributed by atoms with Crippen LogP contribution in [0, 0.1) is 6.92 Å². The normalized spacial score (nSPS) is 18.9. The molecule has 0 bridgehead atoms. The van der Waals surface area contributed by atoms with Crippen molar-refractivity contribution in [3.05, 3.63) is 28.0 Å². The van der Waals surface area contributed by atoms with E-state index in [1.807, 2.05) is 0 Å². The number of aromatic amines is 1. The minimum absolute atomic E-state index is 0.0742. The summed E-state index contributed by atoms with van der Waals surface area (Å²) >= 11 is 0. The Morgan fingerprint density at radius 3 is 3.20 bits per heavy atom. The number of aryl methyl sites for hydroxylation is 1. The monoisotopic (exact) mass is 277 g/mol. The molecule has 0 spiro atoms. The van der Waals surface area contributed by atoms with E-state index in [4.69, 9.17) is 4.42 Å². The molecule has 2 N–H and O–H groups in total. The minimum atomic E-state index is -0.394. The van der Waals surface area contributed by atoms with Gasteiger partial charge < -0.3 is 19.4 Å². The number of H-pyrrole nitrogens is 1. The Hall–Kier alpha value is -2.15. The molecule has 7 heteroatoms. The summed E-state index contributed by atoms with van der Waals surface area (Å²) in [4.78, 5) is 32.5. The average Bonchev–Trinajstić information content (AvgIpc) is 3.02. The van der Waals surface area contributed by atoms with Gasteiger partial charge in [0.05, 0.1) is 24.5 Å². The van der Waals surface area contributed by atoms with Gasteiger partial charge in [0, 0.05) is 6.54 Å². The first kappa shape index (κ1) is 12.9. The van der Waals surface area contributed by atoms with Gasteiger partial charge in [0.1, 0.15) is 11.1 Å². The van der Waals surface area contributed by atoms with Gasteiger partial charge in [-0.3, -0.25) is 9.59 Å². The summed E-state index contributed by atoms with van der Waals surface area (Å²) < 4.78 is 5.39. The number of aliphatic hydroxyl groups is 1. The predicted molar refractivity (Wildman–Crippen MR) is 70.5 cm³/mol. The summed E-state index contributed by atoms with van der Waals surface area (Å²) in [6.45, 7) is 2.14. The molecule has 1 saturated heterocycles. The number of fused-ring (bicyclic) bond motifs is 1. The third-order valence-electron chi connectivity index (χ3n) is 3.73. The minimum Gasteiger partial charge on any atom is -0.442 e. The lowest BCUT2D eigenvalue weighted by molar-refractivity contribution is 0.0677. The van der Waals surface area contributed by atoms with Crippen molar-refractivity contribution in [1.82, 2.24) is 14.9 Å². The van der Waals surface area contributed by atoms with E-state index in [0.717, 1.165) is 12.8 Å². The van der Waals surface area contributed by atoms with E-state index < -0.39 is 5.56 Å². The van der Waals surface area contributed by atoms with Gasteiger partial charge >= 0.3 is 0 Å². The number of hydrogen-bond donors (Lipinski definition) is 2. The number of aromatic nitrogens is 2. The van der Waals surface area contributed by atoms with Crippen LogP contribution in [0.25, 0.3) is 11.1 Å². The lowest BCUT2D eigenvalue weighted by Gasteiger charge is -2.22. The maximum Gasteiger partial charge on any atom is 0.262 e. The standard InChI is InChI=1S/C13H15N3O4/c1-7-9(10-11(18)14-6-15-12(10)20-7)13(19)16-4-2-3-8(16)5-17/h6,8,17H,2-5H2,1H3,(H,14,15,18)/t8-/m0/s1. The quantitative estimate of drug-likeness (QED) is 0.828. The van der Waals surface area contributed by atoms with Gasteiger partial charge in [0.15, 0.2) is 0 Å². The molecule has 20 heavy (non-hydrogen) atoms. The van der Waals surface area contributed by atoms with Crippen molar-refractivity contribution in [1.29, 1.82) is 0 Å². The highest BCUT2D eigenvalue weighted by Crippen LogP contribution is 2.26. The number of carbonyl (C=O) groups excluding carboxylic acids is 1. The average molecular weight is 277 g/mol. The first-order chi connectivity index (χ1) is 9.63. The number of rotatable bonds is 2. The first-order valence-electron chi connectivity index (χ1n) is 6.52. The molecule has 0 radical (unpaired) electrons. The number of furan rings is 1. The molecule has 0 aliphatic carbocycles. The maximum atomic E-state index is 12.6. The van der Waals surface area contributed by atoms with E-state index in [1.165, 1.54) is 6.33 Å². The van der Waals surface area contributed by atoms with E-state index in [1.54, 1.807) is 11.8 Å². The van der Waals surface area contributed by atoms with Gasteiger partial charge in [-0.25, -0.2) is 4.98 Å². The van der Waals surface area contributed by atoms with Crippen LogP contribution in [0.5, 0.6) is 0 Å². The van der Waals surface area contributed by atoms with Crippen molar-refractivity contribution < 1.29 is 14.3 Å². The van der Waals surface area contributed by atoms with Gasteiger partial charge in [-0.2, -0.15) is 0 Å². The summed E-state index contributed by atoms with van der Waals surface area (Å²) in [5.41, 5.74) is 0.0130. The van der Waals surface area contributed by atoms with E-state index >= 15 is 0 Å². The number of nitrogens with one attached hydrogen (secondary N) is 1. The molecule has 3 heterocycles. The third kappa shape index (κ3) is 1.82. The molecular formula is C13H15N3O4. The highest BCUT2D eigenvalue weighted by Gasteiger charge is 2.32. The van der Waals surface area contributed by atoms with Crippen molar-refractivity contribution in [3.8, 4) is 0 Å². The zero-order chi connectivity index (χ0) is 14.3. The number of likely N-dealkylation sites (tertiary alicyclic amines) is 1. The summed E-state index contributed by atoms with van der Waals surface area (Å²) in [6.07, 6.45) is 2.86. The second kappa shape index (κ2) is 4.75. The van der Waals surface area contributed by atoms with Crippen molar-refractivity contribution >= 4 is 17.0 Å². The van der Waals surface area contributed by atoms with Gasteiger partial charge in [-0.05, 0) is 19.8 Å². The molecule has 0 unspecified atom stereocenters. The molecule has 1 fully saturated rings. The summed E-state index contributed by atoms with van der Waals surface area (Å²) in [7, 11) is 0. The fraction of sp³-hybridized carbons (Fsp3) is 0.462. The lowest BCUT2D eigenvalue weighted by atomic mass is 10.1. The molecule has 1 aliphatic rings. The van der Waals surface area contributed by atoms with Crippen LogP contribution >= 0.6 is 0 Å². The summed E-state index contributed by atoms with van der Waals surface area (Å²) in [5.74, 6) is 0.0917. The molecule has 1 amide bonds. The van der Waals surface area contributed by atoms with Crippen molar-refractivity contribution in [3.63, 3.8) is 0 Å². The smallest absolute Gasteiger partial charge is 0.262 e. The second-order valence-corrected chi connectivity index (χ2v) is 4.92. The van der Waals surface area contributed by atoms with E-state index in [2.05, 4.69) is 9.97 Å². The Kier molecular flexibility index (Phi) is 3.06. The van der Waals surface area contributed by atoms with Gasteiger partial charge in [0.2, 0.25) is 5.71 Å². The van der Waals surface area contributed by atoms with E-state index in [9.17, 15) is 14.7 Å². The molecule has 0 aromatic carbocycles. The molecular weight excluding hydrogens is 262 g/mol. The molecule has 0 saturated carbocycles. The van der Waals surface area contributed by atoms with Crippen LogP contribution in [-0.4, -0.2) is 45.1 Å². The molecule has 1 atom stereocenters. The Bertz CT molecular complexity index is 718. The Morgan fingerprint density at radius 1 is 1.65 bits per heavy atom. The van der Waals surface area contributed by atoms with Crippen molar-refractivity contribution in [2.75, 3.05) is 13.2 Å². The van der Waals surface area contributed by atoms with Crippen LogP contribution in [0.15, 0.2) is 15.5 Å². The van der Waals surface area contributed by atoms with Gasteiger partial charge in [-0.15, -0.1) is 0 Å². The van der Waals surface area contributed by atoms with Crippen molar-refractivity contribution in [2.24, 2.45) is 0 Å². The highest BCUT2D eigenvalue weighted by molar-refractivity contribution is 6.06. The third-order valence-corrected chi connectivity index (χ3v) is 3.73. The number of carbonyl (C=O) groups is 1. The van der Waals surface area contributed by atoms with Crippen LogP contribution in [-0.2, 0) is 0 Å². The molecule has 3 rings (SSSR count). The topological polar surface area (TPSA) is 99.4 Å². The van der Waals surface area contributed by atoms with Crippen LogP contribution in [0.2, 0.25) is 0 Å². The summed E-state index contributed by atoms with van der Waals surface area (Å²) in [5, 5.41) is 9.50. The molecule has 7 nitrogen and oxygen atoms in total. The largest absolute Gasteiger partial charge is 0.442 e. The SMILES string of the molecule is Cc1oc2nc[nH]c(=O)c2c1C(=O)N1CCC[C@H]1CO. The van der Waals surface area contributed by atoms with Crippen LogP contribution in [0.4, 0.5) is 0 Å². The highest BCUT2D eigenvalue weighted by atomic mass is 16.3. The fourth-order valence-electron chi connectivity index (χ4n) is 2.75. The zero-order valence-corrected chi connectivity index (χ0v) is 11.0. The molecule has 1 aliphatic heterocycles. The van der Waals surface area contributed by atoms with Crippen LogP contribution in [0.3, 0.4) is 0 Å². The maximum absolute atomic E-state index is 12.6. The molecule has 106 valence electrons. The second-order valence-electron chi connectivity index (χ2n) is 4.92. The lowest BCUT2D eigenvalue weighted by Crippen LogP contribution is -2.38.